The third-order valence-electron chi connectivity index (χ3n) is 4.41. The normalized spacial score (nSPS) is 18.2. The Morgan fingerprint density at radius 3 is 2.48 bits per heavy atom. The van der Waals surface area contributed by atoms with Crippen LogP contribution in [-0.2, 0) is 11.3 Å². The Hall–Kier alpha value is -1.10. The van der Waals surface area contributed by atoms with Crippen LogP contribution in [0.15, 0.2) is 24.3 Å². The van der Waals surface area contributed by atoms with Crippen molar-refractivity contribution in [3.63, 3.8) is 0 Å². The Labute approximate surface area is 146 Å². The van der Waals surface area contributed by atoms with E-state index >= 15 is 0 Å². The molecule has 23 heavy (non-hydrogen) atoms. The van der Waals surface area contributed by atoms with Crippen LogP contribution in [0.1, 0.15) is 37.8 Å². The molecule has 1 heterocycles. The second-order valence-corrected chi connectivity index (χ2v) is 6.72. The highest BCUT2D eigenvalue weighted by molar-refractivity contribution is 5.86. The van der Waals surface area contributed by atoms with Gasteiger partial charge >= 0.3 is 0 Å². The van der Waals surface area contributed by atoms with Gasteiger partial charge in [0.25, 0.3) is 0 Å². The molecule has 1 aromatic rings. The molecule has 2 rings (SSSR count). The lowest BCUT2D eigenvalue weighted by molar-refractivity contribution is -0.138. The second-order valence-electron chi connectivity index (χ2n) is 6.72. The number of nitrogens with two attached hydrogens (primary N) is 1. The average Bonchev–Trinajstić information content (AvgIpc) is 2.47. The topological polar surface area (TPSA) is 49.6 Å². The van der Waals surface area contributed by atoms with Gasteiger partial charge in [-0.15, -0.1) is 12.4 Å². The van der Waals surface area contributed by atoms with Gasteiger partial charge in [-0.05, 0) is 25.8 Å². The molecule has 1 aliphatic heterocycles. The maximum atomic E-state index is 12.5. The summed E-state index contributed by atoms with van der Waals surface area (Å²) >= 11 is 0. The van der Waals surface area contributed by atoms with Gasteiger partial charge in [-0.25, -0.2) is 0 Å². The first-order valence-electron chi connectivity index (χ1n) is 8.28. The van der Waals surface area contributed by atoms with Gasteiger partial charge in [0.15, 0.2) is 0 Å². The van der Waals surface area contributed by atoms with Crippen molar-refractivity contribution in [2.24, 2.45) is 5.73 Å². The van der Waals surface area contributed by atoms with Crippen LogP contribution in [-0.4, -0.2) is 47.4 Å². The molecular formula is C18H30ClN3O. The smallest absolute Gasteiger partial charge is 0.242 e. The average molecular weight is 340 g/mol. The van der Waals surface area contributed by atoms with Crippen LogP contribution in [0.5, 0.6) is 0 Å². The van der Waals surface area contributed by atoms with Crippen molar-refractivity contribution in [1.29, 1.82) is 0 Å². The molecule has 0 aliphatic carbocycles. The predicted molar refractivity (Wildman–Crippen MR) is 97.8 cm³/mol. The second kappa shape index (κ2) is 8.67. The first-order chi connectivity index (χ1) is 10.4. The van der Waals surface area contributed by atoms with Gasteiger partial charge < -0.3 is 10.6 Å². The fraction of sp³-hybridized carbons (Fsp3) is 0.611. The van der Waals surface area contributed by atoms with Gasteiger partial charge in [-0.2, -0.15) is 0 Å². The Kier molecular flexibility index (Phi) is 7.52. The van der Waals surface area contributed by atoms with E-state index in [1.807, 2.05) is 11.8 Å². The molecule has 1 aromatic carbocycles. The first kappa shape index (κ1) is 19.9. The molecule has 1 atom stereocenters. The number of piperazine rings is 1. The lowest BCUT2D eigenvalue weighted by Crippen LogP contribution is -2.58. The quantitative estimate of drug-likeness (QED) is 0.897. The monoisotopic (exact) mass is 339 g/mol. The van der Waals surface area contributed by atoms with E-state index in [9.17, 15) is 4.79 Å². The maximum Gasteiger partial charge on any atom is 0.242 e. The van der Waals surface area contributed by atoms with E-state index in [4.69, 9.17) is 5.73 Å². The van der Waals surface area contributed by atoms with E-state index in [-0.39, 0.29) is 18.3 Å². The van der Waals surface area contributed by atoms with E-state index in [2.05, 4.69) is 43.0 Å². The minimum Gasteiger partial charge on any atom is -0.339 e. The molecule has 1 aliphatic rings. The van der Waals surface area contributed by atoms with E-state index in [0.29, 0.717) is 0 Å². The van der Waals surface area contributed by atoms with E-state index < -0.39 is 5.54 Å². The minimum atomic E-state index is -0.715. The number of rotatable bonds is 5. The molecule has 1 unspecified atom stereocenters. The maximum absolute atomic E-state index is 12.5. The molecule has 4 nitrogen and oxygen atoms in total. The van der Waals surface area contributed by atoms with Crippen LogP contribution in [0, 0.1) is 6.92 Å². The fourth-order valence-electron chi connectivity index (χ4n) is 3.17. The first-order valence-corrected chi connectivity index (χ1v) is 8.28. The van der Waals surface area contributed by atoms with E-state index in [1.54, 1.807) is 0 Å². The van der Waals surface area contributed by atoms with Crippen LogP contribution in [0.3, 0.4) is 0 Å². The highest BCUT2D eigenvalue weighted by Crippen LogP contribution is 2.16. The lowest BCUT2D eigenvalue weighted by atomic mass is 9.95. The van der Waals surface area contributed by atoms with Crippen molar-refractivity contribution < 1.29 is 4.79 Å². The van der Waals surface area contributed by atoms with Crippen molar-refractivity contribution in [3.8, 4) is 0 Å². The van der Waals surface area contributed by atoms with Gasteiger partial charge in [0, 0.05) is 32.7 Å². The van der Waals surface area contributed by atoms with Crippen molar-refractivity contribution in [2.45, 2.75) is 45.7 Å². The zero-order valence-electron chi connectivity index (χ0n) is 14.5. The van der Waals surface area contributed by atoms with Crippen LogP contribution in [0.4, 0.5) is 0 Å². The third-order valence-corrected chi connectivity index (χ3v) is 4.41. The Balaban J connectivity index is 0.00000264. The molecule has 0 radical (unpaired) electrons. The number of amides is 1. The molecule has 0 spiro atoms. The van der Waals surface area contributed by atoms with E-state index in [0.717, 1.165) is 45.6 Å². The zero-order chi connectivity index (χ0) is 16.2. The van der Waals surface area contributed by atoms with Gasteiger partial charge in [-0.1, -0.05) is 43.2 Å². The summed E-state index contributed by atoms with van der Waals surface area (Å²) in [5.41, 5.74) is 8.10. The third kappa shape index (κ3) is 5.48. The SMILES string of the molecule is CCCC(C)(N)C(=O)N1CCN(Cc2cccc(C)c2)CC1.Cl. The van der Waals surface area contributed by atoms with Crippen LogP contribution in [0.2, 0.25) is 0 Å². The van der Waals surface area contributed by atoms with Gasteiger partial charge in [0.05, 0.1) is 5.54 Å². The zero-order valence-corrected chi connectivity index (χ0v) is 15.4. The summed E-state index contributed by atoms with van der Waals surface area (Å²) < 4.78 is 0. The van der Waals surface area contributed by atoms with Crippen LogP contribution >= 0.6 is 12.4 Å². The molecule has 1 amide bonds. The lowest BCUT2D eigenvalue weighted by Gasteiger charge is -2.38. The summed E-state index contributed by atoms with van der Waals surface area (Å²) in [5, 5.41) is 0. The number of benzene rings is 1. The molecule has 1 saturated heterocycles. The fourth-order valence-corrected chi connectivity index (χ4v) is 3.17. The Morgan fingerprint density at radius 2 is 1.91 bits per heavy atom. The highest BCUT2D eigenvalue weighted by atomic mass is 35.5. The minimum absolute atomic E-state index is 0. The summed E-state index contributed by atoms with van der Waals surface area (Å²) in [7, 11) is 0. The number of aryl methyl sites for hydroxylation is 1. The number of carbonyl (C=O) groups is 1. The molecule has 1 fully saturated rings. The number of carbonyl (C=O) groups excluding carboxylic acids is 1. The number of hydrogen-bond acceptors (Lipinski definition) is 3. The van der Waals surface area contributed by atoms with Crippen molar-refractivity contribution in [3.05, 3.63) is 35.4 Å². The standard InChI is InChI=1S/C18H29N3O.ClH/c1-4-8-18(3,19)17(22)21-11-9-20(10-12-21)14-16-7-5-6-15(2)13-16;/h5-7,13H,4,8-12,14,19H2,1-3H3;1H. The largest absolute Gasteiger partial charge is 0.339 e. The summed E-state index contributed by atoms with van der Waals surface area (Å²) in [6.45, 7) is 10.4. The molecule has 0 bridgehead atoms. The molecular weight excluding hydrogens is 310 g/mol. The van der Waals surface area contributed by atoms with Crippen molar-refractivity contribution in [2.75, 3.05) is 26.2 Å². The van der Waals surface area contributed by atoms with Crippen molar-refractivity contribution >= 4 is 18.3 Å². The molecule has 2 N–H and O–H groups in total. The number of halogens is 1. The van der Waals surface area contributed by atoms with Gasteiger partial charge in [0.1, 0.15) is 0 Å². The number of nitrogens with zero attached hydrogens (tertiary/aromatic N) is 2. The predicted octanol–water partition coefficient (Wildman–Crippen LogP) is 2.58. The van der Waals surface area contributed by atoms with E-state index in [1.165, 1.54) is 11.1 Å². The van der Waals surface area contributed by atoms with Crippen LogP contribution < -0.4 is 5.73 Å². The summed E-state index contributed by atoms with van der Waals surface area (Å²) in [6.07, 6.45) is 1.68. The summed E-state index contributed by atoms with van der Waals surface area (Å²) in [5.74, 6) is 0.101. The highest BCUT2D eigenvalue weighted by Gasteiger charge is 2.33. The Morgan fingerprint density at radius 1 is 1.26 bits per heavy atom. The molecule has 0 saturated carbocycles. The van der Waals surface area contributed by atoms with Crippen molar-refractivity contribution in [1.82, 2.24) is 9.80 Å². The molecule has 130 valence electrons. The van der Waals surface area contributed by atoms with Gasteiger partial charge in [0.2, 0.25) is 5.91 Å². The number of hydrogen-bond donors (Lipinski definition) is 1. The summed E-state index contributed by atoms with van der Waals surface area (Å²) in [4.78, 5) is 16.8. The molecule has 0 aromatic heterocycles. The van der Waals surface area contributed by atoms with Gasteiger partial charge in [-0.3, -0.25) is 9.69 Å². The van der Waals surface area contributed by atoms with Crippen LogP contribution in [0.25, 0.3) is 0 Å². The molecule has 5 heteroatoms. The Bertz CT molecular complexity index is 511. The summed E-state index contributed by atoms with van der Waals surface area (Å²) in [6, 6.07) is 8.63.